The number of fused-ring (bicyclic) bond motifs is 1. The molecule has 0 fully saturated rings. The summed E-state index contributed by atoms with van der Waals surface area (Å²) in [6, 6.07) is 5.37. The molecule has 2 rings (SSSR count). The molecule has 1 aliphatic rings. The van der Waals surface area contributed by atoms with Crippen molar-refractivity contribution in [3.63, 3.8) is 0 Å². The van der Waals surface area contributed by atoms with E-state index in [9.17, 15) is 4.79 Å². The zero-order valence-electron chi connectivity index (χ0n) is 8.08. The van der Waals surface area contributed by atoms with Gasteiger partial charge in [0.25, 0.3) is 0 Å². The molecular weight excluding hydrogens is 200 g/mol. The number of hydrogen-bond acceptors (Lipinski definition) is 2. The second-order valence-electron chi connectivity index (χ2n) is 4.00. The fourth-order valence-corrected chi connectivity index (χ4v) is 1.99. The molecule has 0 saturated heterocycles. The quantitative estimate of drug-likeness (QED) is 0.667. The van der Waals surface area contributed by atoms with Crippen molar-refractivity contribution in [2.75, 3.05) is 0 Å². The van der Waals surface area contributed by atoms with Crippen molar-refractivity contribution < 1.29 is 9.53 Å². The van der Waals surface area contributed by atoms with E-state index in [0.29, 0.717) is 5.02 Å². The average Bonchev–Trinajstić information content (AvgIpc) is 2.34. The fraction of sp³-hybridized carbons (Fsp3) is 0.364. The van der Waals surface area contributed by atoms with Gasteiger partial charge < -0.3 is 9.53 Å². The fourth-order valence-electron chi connectivity index (χ4n) is 1.81. The lowest BCUT2D eigenvalue weighted by molar-refractivity contribution is -0.111. The molecule has 1 aromatic rings. The molecule has 2 nitrogen and oxygen atoms in total. The molecule has 14 heavy (non-hydrogen) atoms. The monoisotopic (exact) mass is 210 g/mol. The molecule has 0 N–H and O–H groups in total. The molecule has 0 amide bonds. The third-order valence-corrected chi connectivity index (χ3v) is 2.80. The number of benzene rings is 1. The van der Waals surface area contributed by atoms with Crippen LogP contribution in [0.25, 0.3) is 0 Å². The molecule has 1 heterocycles. The summed E-state index contributed by atoms with van der Waals surface area (Å²) in [7, 11) is 0. The Morgan fingerprint density at radius 2 is 2.21 bits per heavy atom. The third kappa shape index (κ3) is 1.30. The Balaban J connectivity index is 2.54. The van der Waals surface area contributed by atoms with Gasteiger partial charge in [0.2, 0.25) is 0 Å². The highest BCUT2D eigenvalue weighted by atomic mass is 35.5. The zero-order chi connectivity index (χ0) is 10.3. The second kappa shape index (κ2) is 2.99. The van der Waals surface area contributed by atoms with Gasteiger partial charge in [0.1, 0.15) is 17.6 Å². The number of carbonyl (C=O) groups is 1. The van der Waals surface area contributed by atoms with Gasteiger partial charge in [-0.1, -0.05) is 11.6 Å². The van der Waals surface area contributed by atoms with Crippen LogP contribution >= 0.6 is 11.6 Å². The van der Waals surface area contributed by atoms with Crippen molar-refractivity contribution in [1.29, 1.82) is 0 Å². The molecule has 1 unspecified atom stereocenters. The van der Waals surface area contributed by atoms with Crippen molar-refractivity contribution in [3.8, 4) is 5.75 Å². The maximum Gasteiger partial charge on any atom is 0.131 e. The van der Waals surface area contributed by atoms with Crippen LogP contribution in [0.1, 0.15) is 25.3 Å². The minimum absolute atomic E-state index is 0.226. The first-order valence-electron chi connectivity index (χ1n) is 4.48. The van der Waals surface area contributed by atoms with Gasteiger partial charge in [0.15, 0.2) is 0 Å². The molecule has 1 aliphatic heterocycles. The molecule has 0 aliphatic carbocycles. The van der Waals surface area contributed by atoms with E-state index in [1.807, 2.05) is 19.9 Å². The molecule has 1 aromatic carbocycles. The van der Waals surface area contributed by atoms with E-state index >= 15 is 0 Å². The highest BCUT2D eigenvalue weighted by Gasteiger charge is 2.40. The normalized spacial score (nSPS) is 22.6. The maximum atomic E-state index is 11.0. The Morgan fingerprint density at radius 3 is 2.86 bits per heavy atom. The van der Waals surface area contributed by atoms with E-state index in [2.05, 4.69) is 0 Å². The summed E-state index contributed by atoms with van der Waals surface area (Å²) in [6.45, 7) is 3.81. The predicted octanol–water partition coefficient (Wildman–Crippen LogP) is 2.79. The Labute approximate surface area is 87.8 Å². The number of halogens is 1. The molecule has 0 spiro atoms. The Bertz CT molecular complexity index is 385. The van der Waals surface area contributed by atoms with Crippen molar-refractivity contribution in [1.82, 2.24) is 0 Å². The van der Waals surface area contributed by atoms with E-state index in [1.165, 1.54) is 0 Å². The van der Waals surface area contributed by atoms with Gasteiger partial charge in [0.05, 0.1) is 5.92 Å². The average molecular weight is 211 g/mol. The van der Waals surface area contributed by atoms with Crippen LogP contribution in [-0.4, -0.2) is 11.9 Å². The summed E-state index contributed by atoms with van der Waals surface area (Å²) < 4.78 is 5.66. The predicted molar refractivity (Wildman–Crippen MR) is 55.0 cm³/mol. The maximum absolute atomic E-state index is 11.0. The van der Waals surface area contributed by atoms with Gasteiger partial charge >= 0.3 is 0 Å². The van der Waals surface area contributed by atoms with Gasteiger partial charge in [-0.2, -0.15) is 0 Å². The van der Waals surface area contributed by atoms with Crippen LogP contribution in [0.4, 0.5) is 0 Å². The Hall–Kier alpha value is -1.02. The Kier molecular flexibility index (Phi) is 2.04. The van der Waals surface area contributed by atoms with Crippen molar-refractivity contribution in [2.45, 2.75) is 25.4 Å². The van der Waals surface area contributed by atoms with Crippen LogP contribution in [0.15, 0.2) is 18.2 Å². The van der Waals surface area contributed by atoms with Crippen LogP contribution in [0.5, 0.6) is 5.75 Å². The van der Waals surface area contributed by atoms with Gasteiger partial charge in [-0.25, -0.2) is 0 Å². The smallest absolute Gasteiger partial charge is 0.131 e. The first-order chi connectivity index (χ1) is 6.54. The molecular formula is C11H11ClO2. The number of hydrogen-bond donors (Lipinski definition) is 0. The topological polar surface area (TPSA) is 26.3 Å². The van der Waals surface area contributed by atoms with Crippen molar-refractivity contribution in [3.05, 3.63) is 28.8 Å². The van der Waals surface area contributed by atoms with Crippen LogP contribution in [0.2, 0.25) is 5.02 Å². The van der Waals surface area contributed by atoms with Crippen LogP contribution in [-0.2, 0) is 4.79 Å². The number of aldehydes is 1. The molecule has 3 heteroatoms. The van der Waals surface area contributed by atoms with Crippen LogP contribution < -0.4 is 4.74 Å². The van der Waals surface area contributed by atoms with E-state index < -0.39 is 5.60 Å². The minimum atomic E-state index is -0.464. The zero-order valence-corrected chi connectivity index (χ0v) is 8.84. The largest absolute Gasteiger partial charge is 0.486 e. The van der Waals surface area contributed by atoms with Crippen LogP contribution in [0, 0.1) is 0 Å². The summed E-state index contributed by atoms with van der Waals surface area (Å²) in [5, 5.41) is 0.636. The Morgan fingerprint density at radius 1 is 1.50 bits per heavy atom. The first-order valence-corrected chi connectivity index (χ1v) is 4.86. The van der Waals surface area contributed by atoms with E-state index in [4.69, 9.17) is 16.3 Å². The number of ether oxygens (including phenoxy) is 1. The minimum Gasteiger partial charge on any atom is -0.486 e. The lowest BCUT2D eigenvalue weighted by Crippen LogP contribution is -2.30. The summed E-state index contributed by atoms with van der Waals surface area (Å²) in [5.41, 5.74) is 0.423. The van der Waals surface area contributed by atoms with Gasteiger partial charge in [-0.15, -0.1) is 0 Å². The SMILES string of the molecule is CC1(C)Oc2ccc(Cl)cc2C1C=O. The molecule has 0 aromatic heterocycles. The highest BCUT2D eigenvalue weighted by Crippen LogP contribution is 2.44. The molecule has 1 atom stereocenters. The van der Waals surface area contributed by atoms with E-state index in [-0.39, 0.29) is 5.92 Å². The molecule has 0 saturated carbocycles. The van der Waals surface area contributed by atoms with Gasteiger partial charge in [0, 0.05) is 10.6 Å². The number of rotatable bonds is 1. The molecule has 0 bridgehead atoms. The van der Waals surface area contributed by atoms with E-state index in [1.54, 1.807) is 12.1 Å². The van der Waals surface area contributed by atoms with Crippen molar-refractivity contribution >= 4 is 17.9 Å². The first kappa shape index (κ1) is 9.53. The van der Waals surface area contributed by atoms with Gasteiger partial charge in [-0.05, 0) is 32.0 Å². The summed E-state index contributed by atoms with van der Waals surface area (Å²) in [5.74, 6) is 0.535. The second-order valence-corrected chi connectivity index (χ2v) is 4.44. The standard InChI is InChI=1S/C11H11ClO2/c1-11(2)9(6-13)8-5-7(12)3-4-10(8)14-11/h3-6,9H,1-2H3. The molecule has 0 radical (unpaired) electrons. The summed E-state index contributed by atoms with van der Waals surface area (Å²) in [4.78, 5) is 11.0. The van der Waals surface area contributed by atoms with Gasteiger partial charge in [-0.3, -0.25) is 0 Å². The lowest BCUT2D eigenvalue weighted by Gasteiger charge is -2.21. The lowest BCUT2D eigenvalue weighted by atomic mass is 9.88. The van der Waals surface area contributed by atoms with Crippen molar-refractivity contribution in [2.24, 2.45) is 0 Å². The summed E-state index contributed by atoms with van der Waals surface area (Å²) in [6.07, 6.45) is 0.919. The highest BCUT2D eigenvalue weighted by molar-refractivity contribution is 6.30. The van der Waals surface area contributed by atoms with E-state index in [0.717, 1.165) is 17.6 Å². The summed E-state index contributed by atoms with van der Waals surface area (Å²) >= 11 is 5.87. The van der Waals surface area contributed by atoms with Crippen LogP contribution in [0.3, 0.4) is 0 Å². The molecule has 74 valence electrons. The number of carbonyl (C=O) groups excluding carboxylic acids is 1. The third-order valence-electron chi connectivity index (χ3n) is 2.56.